The Bertz CT molecular complexity index is 736. The Morgan fingerprint density at radius 3 is 2.32 bits per heavy atom. The summed E-state index contributed by atoms with van der Waals surface area (Å²) in [6, 6.07) is 4.00. The van der Waals surface area contributed by atoms with E-state index in [1.54, 1.807) is 11.3 Å². The number of likely N-dealkylation sites (tertiary alicyclic amines) is 1. The van der Waals surface area contributed by atoms with Crippen molar-refractivity contribution in [3.8, 4) is 0 Å². The lowest BCUT2D eigenvalue weighted by atomic mass is 9.81. The van der Waals surface area contributed by atoms with E-state index in [9.17, 15) is 14.4 Å². The van der Waals surface area contributed by atoms with Gasteiger partial charge in [-0.2, -0.15) is 0 Å². The summed E-state index contributed by atoms with van der Waals surface area (Å²) in [5, 5.41) is 0. The lowest BCUT2D eigenvalue weighted by Crippen LogP contribution is -3.13. The number of carbonyl (C=O) groups excluding carboxylic acids is 3. The third-order valence-corrected chi connectivity index (χ3v) is 7.59. The first-order valence-corrected chi connectivity index (χ1v) is 11.4. The molecule has 1 saturated carbocycles. The first-order valence-electron chi connectivity index (χ1n) is 10.2. The summed E-state index contributed by atoms with van der Waals surface area (Å²) >= 11 is 7.61. The van der Waals surface area contributed by atoms with Gasteiger partial charge in [0.15, 0.2) is 0 Å². The molecule has 1 aliphatic carbocycles. The van der Waals surface area contributed by atoms with Crippen LogP contribution in [0.2, 0.25) is 4.34 Å². The number of amides is 3. The zero-order chi connectivity index (χ0) is 19.7. The van der Waals surface area contributed by atoms with Gasteiger partial charge >= 0.3 is 0 Å². The average Bonchev–Trinajstić information content (AvgIpc) is 3.22. The molecule has 2 aliphatic heterocycles. The lowest BCUT2D eigenvalue weighted by molar-refractivity contribution is -0.917. The number of rotatable bonds is 5. The molecule has 1 aromatic heterocycles. The molecule has 0 radical (unpaired) electrons. The van der Waals surface area contributed by atoms with Gasteiger partial charge in [0.05, 0.1) is 47.2 Å². The van der Waals surface area contributed by atoms with Gasteiger partial charge < -0.3 is 9.80 Å². The van der Waals surface area contributed by atoms with Gasteiger partial charge in [-0.1, -0.05) is 24.4 Å². The largest absolute Gasteiger partial charge is 0.331 e. The fourth-order valence-electron chi connectivity index (χ4n) is 4.76. The minimum absolute atomic E-state index is 0.0497. The molecule has 28 heavy (non-hydrogen) atoms. The van der Waals surface area contributed by atoms with Crippen LogP contribution in [0.1, 0.15) is 37.0 Å². The molecule has 6 nitrogen and oxygen atoms in total. The van der Waals surface area contributed by atoms with Crippen molar-refractivity contribution in [2.24, 2.45) is 11.8 Å². The normalized spacial score (nSPS) is 26.0. The SMILES string of the molecule is O=C(CCN1C(=O)[C@H]2CCCC[C@@H]2C1=O)N1CC[NH+](Cc2ccc(Cl)s2)CC1. The number of hydrogen-bond acceptors (Lipinski definition) is 4. The van der Waals surface area contributed by atoms with Gasteiger partial charge in [-0.25, -0.2) is 0 Å². The van der Waals surface area contributed by atoms with Crippen LogP contribution in [0.25, 0.3) is 0 Å². The molecule has 0 unspecified atom stereocenters. The summed E-state index contributed by atoms with van der Waals surface area (Å²) in [7, 11) is 0. The maximum atomic E-state index is 12.6. The summed E-state index contributed by atoms with van der Waals surface area (Å²) in [4.78, 5) is 43.6. The van der Waals surface area contributed by atoms with Gasteiger partial charge in [-0.05, 0) is 25.0 Å². The number of thiophene rings is 1. The van der Waals surface area contributed by atoms with Crippen molar-refractivity contribution >= 4 is 40.7 Å². The van der Waals surface area contributed by atoms with Crippen molar-refractivity contribution < 1.29 is 19.3 Å². The average molecular weight is 425 g/mol. The van der Waals surface area contributed by atoms with Crippen LogP contribution in [0, 0.1) is 11.8 Å². The van der Waals surface area contributed by atoms with Crippen molar-refractivity contribution in [1.29, 1.82) is 0 Å². The van der Waals surface area contributed by atoms with E-state index in [2.05, 4.69) is 6.07 Å². The Morgan fingerprint density at radius 1 is 1.11 bits per heavy atom. The minimum atomic E-state index is -0.130. The molecule has 2 saturated heterocycles. The van der Waals surface area contributed by atoms with Gasteiger partial charge in [0, 0.05) is 13.0 Å². The second kappa shape index (κ2) is 8.51. The molecular formula is C20H27ClN3O3S+. The van der Waals surface area contributed by atoms with Crippen LogP contribution in [0.5, 0.6) is 0 Å². The summed E-state index contributed by atoms with van der Waals surface area (Å²) in [5.74, 6) is -0.310. The molecule has 2 atom stereocenters. The van der Waals surface area contributed by atoms with E-state index >= 15 is 0 Å². The smallest absolute Gasteiger partial charge is 0.233 e. The van der Waals surface area contributed by atoms with Gasteiger partial charge in [-0.15, -0.1) is 11.3 Å². The van der Waals surface area contributed by atoms with Crippen LogP contribution in [0.3, 0.4) is 0 Å². The molecule has 0 spiro atoms. The lowest BCUT2D eigenvalue weighted by Gasteiger charge is -2.32. The van der Waals surface area contributed by atoms with Gasteiger partial charge in [0.25, 0.3) is 0 Å². The highest BCUT2D eigenvalue weighted by atomic mass is 35.5. The van der Waals surface area contributed by atoms with Crippen LogP contribution in [0.4, 0.5) is 0 Å². The van der Waals surface area contributed by atoms with E-state index in [1.807, 2.05) is 11.0 Å². The van der Waals surface area contributed by atoms with Crippen LogP contribution >= 0.6 is 22.9 Å². The highest BCUT2D eigenvalue weighted by Crippen LogP contribution is 2.38. The number of nitrogens with one attached hydrogen (secondary N) is 1. The molecule has 8 heteroatoms. The standard InChI is InChI=1S/C20H26ClN3O3S/c21-17-6-5-14(28-17)13-22-9-11-23(12-10-22)18(25)7-8-24-19(26)15-3-1-2-4-16(15)20(24)27/h5-6,15-16H,1-4,7-13H2/p+1/t15-,16-/m0/s1. The highest BCUT2D eigenvalue weighted by Gasteiger charge is 2.47. The van der Waals surface area contributed by atoms with E-state index < -0.39 is 0 Å². The Balaban J connectivity index is 1.24. The first-order chi connectivity index (χ1) is 13.5. The number of fused-ring (bicyclic) bond motifs is 1. The van der Waals surface area contributed by atoms with Crippen LogP contribution in [-0.4, -0.2) is 60.2 Å². The quantitative estimate of drug-likeness (QED) is 0.722. The molecule has 0 bridgehead atoms. The second-order valence-corrected chi connectivity index (χ2v) is 9.89. The predicted molar refractivity (Wildman–Crippen MR) is 107 cm³/mol. The maximum absolute atomic E-state index is 12.6. The van der Waals surface area contributed by atoms with Crippen molar-refractivity contribution in [2.75, 3.05) is 32.7 Å². The van der Waals surface area contributed by atoms with Crippen LogP contribution < -0.4 is 4.90 Å². The molecule has 1 N–H and O–H groups in total. The summed E-state index contributed by atoms with van der Waals surface area (Å²) in [6.07, 6.45) is 3.93. The molecule has 1 aromatic rings. The molecule has 0 aromatic carbocycles. The van der Waals surface area contributed by atoms with E-state index in [0.717, 1.165) is 62.7 Å². The zero-order valence-electron chi connectivity index (χ0n) is 16.0. The van der Waals surface area contributed by atoms with Gasteiger partial charge in [0.2, 0.25) is 17.7 Å². The third kappa shape index (κ3) is 4.11. The number of hydrogen-bond donors (Lipinski definition) is 1. The highest BCUT2D eigenvalue weighted by molar-refractivity contribution is 7.16. The summed E-state index contributed by atoms with van der Waals surface area (Å²) < 4.78 is 0.814. The topological polar surface area (TPSA) is 62.1 Å². The predicted octanol–water partition coefficient (Wildman–Crippen LogP) is 1.19. The molecule has 4 rings (SSSR count). The molecule has 3 amide bonds. The second-order valence-electron chi connectivity index (χ2n) is 8.09. The van der Waals surface area contributed by atoms with Crippen molar-refractivity contribution in [2.45, 2.75) is 38.6 Å². The minimum Gasteiger partial charge on any atom is -0.331 e. The Morgan fingerprint density at radius 2 is 1.75 bits per heavy atom. The van der Waals surface area contributed by atoms with Gasteiger partial charge in [0.1, 0.15) is 6.54 Å². The Hall–Kier alpha value is -1.44. The fraction of sp³-hybridized carbons (Fsp3) is 0.650. The van der Waals surface area contributed by atoms with Crippen LogP contribution in [-0.2, 0) is 20.9 Å². The van der Waals surface area contributed by atoms with Crippen molar-refractivity contribution in [3.63, 3.8) is 0 Å². The number of nitrogens with zero attached hydrogens (tertiary/aromatic N) is 2. The number of imide groups is 1. The number of piperazine rings is 1. The zero-order valence-corrected chi connectivity index (χ0v) is 17.6. The monoisotopic (exact) mass is 424 g/mol. The molecule has 3 heterocycles. The van der Waals surface area contributed by atoms with E-state index in [-0.39, 0.29) is 42.5 Å². The summed E-state index contributed by atoms with van der Waals surface area (Å²) in [5.41, 5.74) is 0. The van der Waals surface area contributed by atoms with Crippen molar-refractivity contribution in [3.05, 3.63) is 21.3 Å². The third-order valence-electron chi connectivity index (χ3n) is 6.36. The van der Waals surface area contributed by atoms with Crippen molar-refractivity contribution in [1.82, 2.24) is 9.80 Å². The van der Waals surface area contributed by atoms with E-state index in [0.29, 0.717) is 0 Å². The molecule has 3 aliphatic rings. The number of halogens is 1. The molecule has 3 fully saturated rings. The van der Waals surface area contributed by atoms with Gasteiger partial charge in [-0.3, -0.25) is 19.3 Å². The fourth-order valence-corrected chi connectivity index (χ4v) is 5.92. The Kier molecular flexibility index (Phi) is 6.04. The number of carbonyl (C=O) groups is 3. The number of quaternary nitrogens is 1. The van der Waals surface area contributed by atoms with E-state index in [1.165, 1.54) is 14.7 Å². The molecular weight excluding hydrogens is 398 g/mol. The Labute approximate surface area is 174 Å². The van der Waals surface area contributed by atoms with E-state index in [4.69, 9.17) is 11.6 Å². The molecule has 152 valence electrons. The first kappa shape index (κ1) is 19.9. The maximum Gasteiger partial charge on any atom is 0.233 e. The van der Waals surface area contributed by atoms with Crippen LogP contribution in [0.15, 0.2) is 12.1 Å². The summed E-state index contributed by atoms with van der Waals surface area (Å²) in [6.45, 7) is 4.45.